The van der Waals surface area contributed by atoms with Crippen LogP contribution in [0.3, 0.4) is 0 Å². The summed E-state index contributed by atoms with van der Waals surface area (Å²) >= 11 is 1.50. The van der Waals surface area contributed by atoms with Crippen molar-refractivity contribution in [2.45, 2.75) is 52.4 Å². The highest BCUT2D eigenvalue weighted by atomic mass is 32.1. The van der Waals surface area contributed by atoms with Crippen LogP contribution in [0.4, 0.5) is 5.00 Å². The minimum absolute atomic E-state index is 0.249. The van der Waals surface area contributed by atoms with Gasteiger partial charge in [-0.15, -0.1) is 11.3 Å². The van der Waals surface area contributed by atoms with Crippen molar-refractivity contribution in [3.8, 4) is 0 Å². The number of benzene rings is 1. The Hall–Kier alpha value is -2.40. The summed E-state index contributed by atoms with van der Waals surface area (Å²) < 4.78 is 0. The zero-order valence-electron chi connectivity index (χ0n) is 16.7. The van der Waals surface area contributed by atoms with Crippen molar-refractivity contribution in [1.82, 2.24) is 0 Å². The average molecular weight is 397 g/mol. The van der Waals surface area contributed by atoms with Crippen LogP contribution >= 0.6 is 11.3 Å². The van der Waals surface area contributed by atoms with Crippen LogP contribution in [0.25, 0.3) is 6.08 Å². The molecule has 3 rings (SSSR count). The summed E-state index contributed by atoms with van der Waals surface area (Å²) in [6, 6.07) is 8.15. The van der Waals surface area contributed by atoms with Gasteiger partial charge in [-0.2, -0.15) is 0 Å². The number of hydrogen-bond acceptors (Lipinski definition) is 3. The normalized spacial score (nSPS) is 16.4. The first-order chi connectivity index (χ1) is 13.4. The molecule has 0 saturated carbocycles. The summed E-state index contributed by atoms with van der Waals surface area (Å²) in [7, 11) is 0. The van der Waals surface area contributed by atoms with Crippen LogP contribution in [-0.2, 0) is 17.6 Å². The largest absolute Gasteiger partial charge is 0.365 e. The number of fused-ring (bicyclic) bond motifs is 1. The molecule has 0 unspecified atom stereocenters. The molecule has 5 heteroatoms. The van der Waals surface area contributed by atoms with Crippen LogP contribution in [0.2, 0.25) is 0 Å². The molecule has 1 atom stereocenters. The van der Waals surface area contributed by atoms with E-state index in [1.807, 2.05) is 12.1 Å². The molecule has 1 aromatic carbocycles. The third kappa shape index (κ3) is 4.53. The van der Waals surface area contributed by atoms with Crippen LogP contribution in [-0.4, -0.2) is 11.8 Å². The van der Waals surface area contributed by atoms with Crippen molar-refractivity contribution in [3.05, 3.63) is 57.5 Å². The van der Waals surface area contributed by atoms with Gasteiger partial charge in [0, 0.05) is 11.0 Å². The van der Waals surface area contributed by atoms with E-state index >= 15 is 0 Å². The minimum Gasteiger partial charge on any atom is -0.365 e. The Morgan fingerprint density at radius 1 is 1.29 bits per heavy atom. The Bertz CT molecular complexity index is 894. The zero-order valence-corrected chi connectivity index (χ0v) is 17.6. The molecule has 0 aliphatic heterocycles. The number of nitrogens with two attached hydrogens (primary N) is 1. The lowest BCUT2D eigenvalue weighted by Gasteiger charge is -2.20. The van der Waals surface area contributed by atoms with Gasteiger partial charge in [0.1, 0.15) is 5.00 Å². The first-order valence-electron chi connectivity index (χ1n) is 9.92. The Morgan fingerprint density at radius 3 is 2.61 bits per heavy atom. The van der Waals surface area contributed by atoms with Gasteiger partial charge in [0.2, 0.25) is 5.91 Å². The quantitative estimate of drug-likeness (QED) is 0.664. The molecule has 0 bridgehead atoms. The van der Waals surface area contributed by atoms with Gasteiger partial charge in [0.15, 0.2) is 0 Å². The topological polar surface area (TPSA) is 72.2 Å². The lowest BCUT2D eigenvalue weighted by Crippen LogP contribution is -2.19. The highest BCUT2D eigenvalue weighted by molar-refractivity contribution is 7.17. The van der Waals surface area contributed by atoms with Gasteiger partial charge in [-0.05, 0) is 53.9 Å². The van der Waals surface area contributed by atoms with E-state index in [1.54, 1.807) is 6.08 Å². The van der Waals surface area contributed by atoms with E-state index in [9.17, 15) is 9.59 Å². The molecule has 0 saturated heterocycles. The summed E-state index contributed by atoms with van der Waals surface area (Å²) in [5.74, 6) is 0.409. The number of hydrogen-bond donors (Lipinski definition) is 2. The summed E-state index contributed by atoms with van der Waals surface area (Å²) in [5.41, 5.74) is 9.39. The lowest BCUT2D eigenvalue weighted by atomic mass is 9.85. The van der Waals surface area contributed by atoms with Crippen LogP contribution < -0.4 is 11.1 Å². The zero-order chi connectivity index (χ0) is 20.3. The van der Waals surface area contributed by atoms with Crippen molar-refractivity contribution in [3.63, 3.8) is 0 Å². The van der Waals surface area contributed by atoms with Gasteiger partial charge in [0.25, 0.3) is 5.91 Å². The number of nitrogens with one attached hydrogen (secondary N) is 1. The maximum atomic E-state index is 12.4. The maximum Gasteiger partial charge on any atom is 0.251 e. The number of amides is 2. The maximum absolute atomic E-state index is 12.4. The molecule has 1 aliphatic rings. The van der Waals surface area contributed by atoms with Crippen molar-refractivity contribution < 1.29 is 9.59 Å². The number of thiophene rings is 1. The number of carbonyl (C=O) groups is 2. The Balaban J connectivity index is 1.75. The third-order valence-electron chi connectivity index (χ3n) is 5.46. The number of anilines is 1. The summed E-state index contributed by atoms with van der Waals surface area (Å²) in [5, 5.41) is 3.46. The molecule has 3 N–H and O–H groups in total. The molecule has 0 spiro atoms. The van der Waals surface area contributed by atoms with Crippen LogP contribution in [0, 0.1) is 5.92 Å². The number of rotatable bonds is 6. The Labute approximate surface area is 170 Å². The first-order valence-corrected chi connectivity index (χ1v) is 10.7. The summed E-state index contributed by atoms with van der Waals surface area (Å²) in [6.45, 7) is 6.50. The summed E-state index contributed by atoms with van der Waals surface area (Å²) in [4.78, 5) is 25.6. The van der Waals surface area contributed by atoms with Gasteiger partial charge in [-0.25, -0.2) is 0 Å². The van der Waals surface area contributed by atoms with Gasteiger partial charge < -0.3 is 11.1 Å². The van der Waals surface area contributed by atoms with Gasteiger partial charge >= 0.3 is 0 Å². The fourth-order valence-electron chi connectivity index (χ4n) is 3.67. The molecular weight excluding hydrogens is 368 g/mol. The molecule has 28 heavy (non-hydrogen) atoms. The molecule has 1 aliphatic carbocycles. The highest BCUT2D eigenvalue weighted by Crippen LogP contribution is 2.40. The lowest BCUT2D eigenvalue weighted by molar-refractivity contribution is -0.111. The monoisotopic (exact) mass is 396 g/mol. The average Bonchev–Trinajstić information content (AvgIpc) is 3.03. The fourth-order valence-corrected chi connectivity index (χ4v) is 5.04. The Kier molecular flexibility index (Phi) is 6.35. The molecule has 2 amide bonds. The standard InChI is InChI=1S/C23H28N2O2S/c1-4-15-7-11-18-19(13-15)28-23(21(18)22(24)27)25-20(26)12-8-16-5-9-17(10-6-16)14(2)3/h5-6,8-10,12,14-15H,4,7,11,13H2,1-3H3,(H2,24,27)(H,25,26)/b12-8-/t15-/m0/s1. The molecule has 2 aromatic rings. The predicted octanol–water partition coefficient (Wildman–Crippen LogP) is 5.14. The van der Waals surface area contributed by atoms with Crippen molar-refractivity contribution in [1.29, 1.82) is 0 Å². The minimum atomic E-state index is -0.462. The molecule has 4 nitrogen and oxygen atoms in total. The van der Waals surface area contributed by atoms with E-state index in [1.165, 1.54) is 27.9 Å². The first kappa shape index (κ1) is 20.3. The van der Waals surface area contributed by atoms with Crippen molar-refractivity contribution >= 4 is 34.2 Å². The second kappa shape index (κ2) is 8.74. The third-order valence-corrected chi connectivity index (χ3v) is 6.63. The van der Waals surface area contributed by atoms with Crippen LogP contribution in [0.1, 0.15) is 71.5 Å². The van der Waals surface area contributed by atoms with Gasteiger partial charge in [-0.3, -0.25) is 9.59 Å². The van der Waals surface area contributed by atoms with Gasteiger partial charge in [-0.1, -0.05) is 51.5 Å². The molecule has 1 heterocycles. The van der Waals surface area contributed by atoms with E-state index in [0.29, 0.717) is 22.4 Å². The molecule has 1 aromatic heterocycles. The smallest absolute Gasteiger partial charge is 0.251 e. The SMILES string of the molecule is CC[C@H]1CCc2c(sc(NC(=O)/C=C\c3ccc(C(C)C)cc3)c2C(N)=O)C1. The number of primary amides is 1. The fraction of sp³-hybridized carbons (Fsp3) is 0.391. The second-order valence-corrected chi connectivity index (χ2v) is 8.84. The molecule has 0 radical (unpaired) electrons. The van der Waals surface area contributed by atoms with E-state index in [4.69, 9.17) is 5.73 Å². The van der Waals surface area contributed by atoms with E-state index < -0.39 is 5.91 Å². The second-order valence-electron chi connectivity index (χ2n) is 7.73. The van der Waals surface area contributed by atoms with Gasteiger partial charge in [0.05, 0.1) is 5.56 Å². The number of carbonyl (C=O) groups excluding carboxylic acids is 2. The highest BCUT2D eigenvalue weighted by Gasteiger charge is 2.27. The van der Waals surface area contributed by atoms with E-state index in [-0.39, 0.29) is 5.91 Å². The van der Waals surface area contributed by atoms with E-state index in [0.717, 1.165) is 36.8 Å². The summed E-state index contributed by atoms with van der Waals surface area (Å²) in [6.07, 6.45) is 7.30. The van der Waals surface area contributed by atoms with E-state index in [2.05, 4.69) is 38.2 Å². The Morgan fingerprint density at radius 2 is 2.00 bits per heavy atom. The van der Waals surface area contributed by atoms with Crippen molar-refractivity contribution in [2.75, 3.05) is 5.32 Å². The van der Waals surface area contributed by atoms with Crippen LogP contribution in [0.5, 0.6) is 0 Å². The van der Waals surface area contributed by atoms with Crippen LogP contribution in [0.15, 0.2) is 30.3 Å². The molecule has 0 fully saturated rings. The molecular formula is C23H28N2O2S. The van der Waals surface area contributed by atoms with Crippen molar-refractivity contribution in [2.24, 2.45) is 11.7 Å². The predicted molar refractivity (Wildman–Crippen MR) is 117 cm³/mol. The molecule has 148 valence electrons.